The Hall–Kier alpha value is -2.96. The number of benzene rings is 1. The molecule has 2 heterocycles. The van der Waals surface area contributed by atoms with Crippen LogP contribution in [0, 0.1) is 11.2 Å². The number of hydrogen-bond acceptors (Lipinski definition) is 5. The monoisotopic (exact) mass is 429 g/mol. The van der Waals surface area contributed by atoms with Crippen molar-refractivity contribution in [1.82, 2.24) is 9.88 Å². The van der Waals surface area contributed by atoms with E-state index < -0.39 is 17.1 Å². The summed E-state index contributed by atoms with van der Waals surface area (Å²) in [6.45, 7) is 1.42. The molecule has 2 aromatic rings. The number of nitrogens with zero attached hydrogens (tertiary/aromatic N) is 2. The number of allylic oxidation sites excluding steroid dienone is 1. The zero-order valence-corrected chi connectivity index (χ0v) is 17.3. The van der Waals surface area contributed by atoms with Gasteiger partial charge >= 0.3 is 0 Å². The smallest absolute Gasteiger partial charge is 0.248 e. The second-order valence-electron chi connectivity index (χ2n) is 7.05. The summed E-state index contributed by atoms with van der Waals surface area (Å²) in [6.07, 6.45) is 7.14. The van der Waals surface area contributed by atoms with Crippen molar-refractivity contribution in [2.75, 3.05) is 18.4 Å². The molecule has 1 aliphatic rings. The Bertz CT molecular complexity index is 997. The molecule has 1 aromatic heterocycles. The van der Waals surface area contributed by atoms with E-state index in [1.165, 1.54) is 18.3 Å². The van der Waals surface area contributed by atoms with E-state index in [2.05, 4.69) is 19.5 Å². The Balaban J connectivity index is 1.63. The van der Waals surface area contributed by atoms with Crippen molar-refractivity contribution in [3.8, 4) is 0 Å². The van der Waals surface area contributed by atoms with Crippen LogP contribution >= 0.6 is 9.24 Å². The molecule has 0 aliphatic carbocycles. The fourth-order valence-electron chi connectivity index (χ4n) is 3.19. The highest BCUT2D eigenvalue weighted by Crippen LogP contribution is 2.32. The second-order valence-corrected chi connectivity index (χ2v) is 8.09. The first kappa shape index (κ1) is 21.7. The van der Waals surface area contributed by atoms with Crippen molar-refractivity contribution < 1.29 is 13.6 Å². The SMILES string of the molecule is N=CC(=CN)c1c(F)cncc1/C=C/C(=O)Nc1ccc(CN2CC(F)(P)C2)cc1. The van der Waals surface area contributed by atoms with Crippen LogP contribution in [0.25, 0.3) is 11.6 Å². The molecular formula is C21H22F2N5OP. The van der Waals surface area contributed by atoms with Gasteiger partial charge in [-0.05, 0) is 23.8 Å². The predicted molar refractivity (Wildman–Crippen MR) is 118 cm³/mol. The molecule has 4 N–H and O–H groups in total. The maximum Gasteiger partial charge on any atom is 0.248 e. The van der Waals surface area contributed by atoms with Crippen molar-refractivity contribution >= 4 is 38.7 Å². The second kappa shape index (κ2) is 9.24. The van der Waals surface area contributed by atoms with Crippen LogP contribution < -0.4 is 11.1 Å². The lowest BCUT2D eigenvalue weighted by atomic mass is 10.0. The molecule has 0 saturated carbocycles. The van der Waals surface area contributed by atoms with Crippen LogP contribution in [0.3, 0.4) is 0 Å². The third kappa shape index (κ3) is 5.34. The third-order valence-electron chi connectivity index (χ3n) is 4.57. The van der Waals surface area contributed by atoms with E-state index in [4.69, 9.17) is 11.1 Å². The standard InChI is InChI=1S/C21H22F2N5OP/c22-18-10-26-9-15(20(18)16(7-24)8-25)3-6-19(29)27-17-4-1-14(2-5-17)11-28-12-21(23,30)13-28/h1-10,24H,11-13,25,30H2,(H,27,29)/b6-3+,16-8?,24-7?. The van der Waals surface area contributed by atoms with Gasteiger partial charge in [0, 0.05) is 66.7 Å². The van der Waals surface area contributed by atoms with Crippen LogP contribution in [0.5, 0.6) is 0 Å². The van der Waals surface area contributed by atoms with Gasteiger partial charge in [-0.25, -0.2) is 8.78 Å². The van der Waals surface area contributed by atoms with Crippen LogP contribution in [0.4, 0.5) is 14.5 Å². The Morgan fingerprint density at radius 3 is 2.63 bits per heavy atom. The van der Waals surface area contributed by atoms with Crippen molar-refractivity contribution in [3.05, 3.63) is 71.4 Å². The Morgan fingerprint density at radius 2 is 2.03 bits per heavy atom. The van der Waals surface area contributed by atoms with Gasteiger partial charge in [-0.2, -0.15) is 0 Å². The highest BCUT2D eigenvalue weighted by atomic mass is 31.0. The van der Waals surface area contributed by atoms with Gasteiger partial charge in [-0.3, -0.25) is 14.7 Å². The van der Waals surface area contributed by atoms with Crippen LogP contribution in [0.2, 0.25) is 0 Å². The van der Waals surface area contributed by atoms with Gasteiger partial charge in [0.15, 0.2) is 0 Å². The van der Waals surface area contributed by atoms with E-state index in [-0.39, 0.29) is 11.1 Å². The summed E-state index contributed by atoms with van der Waals surface area (Å²) in [7, 11) is 2.22. The molecule has 1 atom stereocenters. The van der Waals surface area contributed by atoms with Crippen LogP contribution in [-0.2, 0) is 11.3 Å². The number of alkyl halides is 1. The zero-order valence-electron chi connectivity index (χ0n) is 16.1. The van der Waals surface area contributed by atoms with Crippen molar-refractivity contribution in [3.63, 3.8) is 0 Å². The highest BCUT2D eigenvalue weighted by Gasteiger charge is 2.38. The highest BCUT2D eigenvalue weighted by molar-refractivity contribution is 7.18. The lowest BCUT2D eigenvalue weighted by molar-refractivity contribution is -0.111. The quantitative estimate of drug-likeness (QED) is 0.358. The first-order valence-electron chi connectivity index (χ1n) is 9.16. The molecule has 0 bridgehead atoms. The summed E-state index contributed by atoms with van der Waals surface area (Å²) in [4.78, 5) is 18.0. The van der Waals surface area contributed by atoms with E-state index in [1.54, 1.807) is 12.1 Å². The van der Waals surface area contributed by atoms with E-state index in [0.717, 1.165) is 24.2 Å². The number of carbonyl (C=O) groups is 1. The van der Waals surface area contributed by atoms with Crippen molar-refractivity contribution in [2.45, 2.75) is 12.0 Å². The van der Waals surface area contributed by atoms with Gasteiger partial charge in [0.05, 0.1) is 6.20 Å². The summed E-state index contributed by atoms with van der Waals surface area (Å²) in [6, 6.07) is 7.28. The van der Waals surface area contributed by atoms with Gasteiger partial charge in [-0.1, -0.05) is 21.4 Å². The molecular weight excluding hydrogens is 407 g/mol. The Morgan fingerprint density at radius 1 is 1.33 bits per heavy atom. The largest absolute Gasteiger partial charge is 0.404 e. The fourth-order valence-corrected chi connectivity index (χ4v) is 3.71. The molecule has 1 aromatic carbocycles. The van der Waals surface area contributed by atoms with Crippen LogP contribution in [0.15, 0.2) is 48.9 Å². The summed E-state index contributed by atoms with van der Waals surface area (Å²) in [5.41, 5.74) is 7.68. The average Bonchev–Trinajstić information content (AvgIpc) is 2.69. The minimum Gasteiger partial charge on any atom is -0.404 e. The molecule has 9 heteroatoms. The zero-order chi connectivity index (χ0) is 21.7. The first-order chi connectivity index (χ1) is 14.3. The number of aromatic nitrogens is 1. The van der Waals surface area contributed by atoms with Gasteiger partial charge in [0.1, 0.15) is 11.2 Å². The lowest BCUT2D eigenvalue weighted by Crippen LogP contribution is -2.54. The molecule has 0 spiro atoms. The first-order valence-corrected chi connectivity index (χ1v) is 9.73. The summed E-state index contributed by atoms with van der Waals surface area (Å²) in [5, 5.41) is 8.90. The molecule has 30 heavy (non-hydrogen) atoms. The topological polar surface area (TPSA) is 95.1 Å². The summed E-state index contributed by atoms with van der Waals surface area (Å²) in [5.74, 6) is -1.04. The van der Waals surface area contributed by atoms with E-state index in [1.807, 2.05) is 17.0 Å². The fraction of sp³-hybridized carbons (Fsp3) is 0.190. The molecule has 6 nitrogen and oxygen atoms in total. The number of hydrogen-bond donors (Lipinski definition) is 3. The van der Waals surface area contributed by atoms with Gasteiger partial charge < -0.3 is 16.5 Å². The van der Waals surface area contributed by atoms with Crippen molar-refractivity contribution in [2.24, 2.45) is 5.73 Å². The Labute approximate surface area is 175 Å². The van der Waals surface area contributed by atoms with E-state index in [0.29, 0.717) is 30.9 Å². The molecule has 0 radical (unpaired) electrons. The number of halogens is 2. The van der Waals surface area contributed by atoms with E-state index >= 15 is 0 Å². The predicted octanol–water partition coefficient (Wildman–Crippen LogP) is 3.18. The number of likely N-dealkylation sites (tertiary alicyclic amines) is 1. The number of carbonyl (C=O) groups excluding carboxylic acids is 1. The Kier molecular flexibility index (Phi) is 6.70. The maximum absolute atomic E-state index is 14.1. The van der Waals surface area contributed by atoms with Gasteiger partial charge in [0.25, 0.3) is 0 Å². The number of amides is 1. The number of nitrogens with two attached hydrogens (primary N) is 1. The molecule has 1 unspecified atom stereocenters. The van der Waals surface area contributed by atoms with Crippen LogP contribution in [0.1, 0.15) is 16.7 Å². The number of rotatable bonds is 7. The summed E-state index contributed by atoms with van der Waals surface area (Å²) < 4.78 is 27.6. The molecule has 1 saturated heterocycles. The van der Waals surface area contributed by atoms with Gasteiger partial charge in [0.2, 0.25) is 5.91 Å². The molecule has 1 amide bonds. The van der Waals surface area contributed by atoms with Gasteiger partial charge in [-0.15, -0.1) is 0 Å². The number of nitrogens with one attached hydrogen (secondary N) is 2. The molecule has 1 fully saturated rings. The summed E-state index contributed by atoms with van der Waals surface area (Å²) >= 11 is 0. The molecule has 1 aliphatic heterocycles. The average molecular weight is 429 g/mol. The van der Waals surface area contributed by atoms with E-state index in [9.17, 15) is 13.6 Å². The number of pyridine rings is 1. The van der Waals surface area contributed by atoms with Crippen molar-refractivity contribution in [1.29, 1.82) is 5.41 Å². The minimum atomic E-state index is -1.18. The minimum absolute atomic E-state index is 0.102. The third-order valence-corrected chi connectivity index (χ3v) is 4.93. The normalized spacial score (nSPS) is 16.3. The molecule has 156 valence electrons. The number of anilines is 1. The maximum atomic E-state index is 14.1. The molecule has 3 rings (SSSR count). The van der Waals surface area contributed by atoms with Crippen LogP contribution in [-0.4, -0.2) is 40.5 Å². The lowest BCUT2D eigenvalue weighted by Gasteiger charge is -2.42.